The Kier molecular flexibility index (Phi) is 10.6. The molecule has 4 aromatic rings. The van der Waals surface area contributed by atoms with E-state index >= 15 is 0 Å². The fourth-order valence-electron chi connectivity index (χ4n) is 4.35. The molecule has 0 atom stereocenters. The van der Waals surface area contributed by atoms with Crippen molar-refractivity contribution in [3.05, 3.63) is 65.5 Å². The molecule has 208 valence electrons. The van der Waals surface area contributed by atoms with Gasteiger partial charge < -0.3 is 34.5 Å². The van der Waals surface area contributed by atoms with Crippen LogP contribution in [-0.4, -0.2) is 97.8 Å². The number of methoxy groups -OCH3 is 1. The summed E-state index contributed by atoms with van der Waals surface area (Å²) in [6.07, 6.45) is 1.53. The van der Waals surface area contributed by atoms with Crippen LogP contribution in [0.5, 0.6) is 0 Å². The van der Waals surface area contributed by atoms with Gasteiger partial charge in [-0.05, 0) is 37.7 Å². The molecule has 10 nitrogen and oxygen atoms in total. The van der Waals surface area contributed by atoms with Gasteiger partial charge in [-0.3, -0.25) is 0 Å². The molecule has 4 rings (SSSR count). The van der Waals surface area contributed by atoms with Crippen molar-refractivity contribution in [2.24, 2.45) is 0 Å². The van der Waals surface area contributed by atoms with Gasteiger partial charge in [0.05, 0.1) is 51.1 Å². The lowest BCUT2D eigenvalue weighted by Crippen LogP contribution is -2.26. The number of aliphatic hydroxyl groups is 1. The van der Waals surface area contributed by atoms with E-state index in [1.165, 1.54) is 7.11 Å². The number of hydrogen-bond donors (Lipinski definition) is 3. The fourth-order valence-corrected chi connectivity index (χ4v) is 4.35. The van der Waals surface area contributed by atoms with Crippen LogP contribution in [-0.2, 0) is 20.6 Å². The van der Waals surface area contributed by atoms with Crippen LogP contribution in [0.2, 0.25) is 0 Å². The minimum atomic E-state index is -0.380. The quantitative estimate of drug-likeness (QED) is 0.147. The first kappa shape index (κ1) is 28.4. The molecule has 0 aliphatic carbocycles. The molecule has 0 amide bonds. The molecule has 0 bridgehead atoms. The maximum absolute atomic E-state index is 12.1. The molecule has 10 heteroatoms. The number of rotatable bonds is 16. The zero-order valence-corrected chi connectivity index (χ0v) is 22.6. The van der Waals surface area contributed by atoms with Crippen LogP contribution in [0.4, 0.5) is 5.82 Å². The number of fused-ring (bicyclic) bond motifs is 3. The summed E-state index contributed by atoms with van der Waals surface area (Å²) in [5.74, 6) is 1.11. The summed E-state index contributed by atoms with van der Waals surface area (Å²) in [4.78, 5) is 27.4. The highest BCUT2D eigenvalue weighted by atomic mass is 16.5. The van der Waals surface area contributed by atoms with Crippen LogP contribution in [0.25, 0.3) is 21.9 Å². The molecule has 0 radical (unpaired) electrons. The number of H-pyrrole nitrogens is 1. The van der Waals surface area contributed by atoms with Gasteiger partial charge in [0.1, 0.15) is 17.3 Å². The standard InChI is InChI=1S/C29H37N5O5/c1-34(13-15-38-17-18-39-16-14-35)12-6-11-30-27-26-23-10-9-22(29(36)37-2)20-24(23)31-28(26)33-25(32-27)19-21-7-4-3-5-8-21/h3-5,7-10,20,35H,6,11-19H2,1-2H3,(H2,30,31,32,33). The number of nitrogens with one attached hydrogen (secondary N) is 2. The molecule has 0 saturated carbocycles. The summed E-state index contributed by atoms with van der Waals surface area (Å²) in [6.45, 7) is 4.48. The van der Waals surface area contributed by atoms with E-state index in [-0.39, 0.29) is 12.6 Å². The number of aromatic amines is 1. The first-order valence-electron chi connectivity index (χ1n) is 13.2. The lowest BCUT2D eigenvalue weighted by molar-refractivity contribution is 0.0282. The Bertz CT molecular complexity index is 1340. The summed E-state index contributed by atoms with van der Waals surface area (Å²) in [6, 6.07) is 15.6. The Balaban J connectivity index is 1.43. The number of esters is 1. The van der Waals surface area contributed by atoms with Crippen LogP contribution in [0.1, 0.15) is 28.2 Å². The molecule has 2 aromatic carbocycles. The van der Waals surface area contributed by atoms with E-state index in [2.05, 4.69) is 34.4 Å². The highest BCUT2D eigenvalue weighted by molar-refractivity contribution is 6.12. The van der Waals surface area contributed by atoms with Gasteiger partial charge in [-0.25, -0.2) is 14.8 Å². The van der Waals surface area contributed by atoms with Gasteiger partial charge in [0.15, 0.2) is 0 Å². The molecular weight excluding hydrogens is 498 g/mol. The molecule has 0 fully saturated rings. The maximum atomic E-state index is 12.1. The van der Waals surface area contributed by atoms with E-state index in [1.807, 2.05) is 24.3 Å². The van der Waals surface area contributed by atoms with Crippen molar-refractivity contribution in [1.82, 2.24) is 19.9 Å². The maximum Gasteiger partial charge on any atom is 0.337 e. The number of aromatic nitrogens is 3. The van der Waals surface area contributed by atoms with Gasteiger partial charge in [0.2, 0.25) is 0 Å². The number of anilines is 1. The van der Waals surface area contributed by atoms with E-state index in [4.69, 9.17) is 29.3 Å². The number of ether oxygens (including phenoxy) is 3. The third-order valence-electron chi connectivity index (χ3n) is 6.36. The normalized spacial score (nSPS) is 11.5. The van der Waals surface area contributed by atoms with Gasteiger partial charge >= 0.3 is 5.97 Å². The minimum absolute atomic E-state index is 0.0300. The van der Waals surface area contributed by atoms with Crippen molar-refractivity contribution in [2.75, 3.05) is 72.1 Å². The van der Waals surface area contributed by atoms with Crippen LogP contribution in [0.15, 0.2) is 48.5 Å². The van der Waals surface area contributed by atoms with Crippen molar-refractivity contribution < 1.29 is 24.1 Å². The second-order valence-corrected chi connectivity index (χ2v) is 9.28. The van der Waals surface area contributed by atoms with Crippen LogP contribution >= 0.6 is 0 Å². The number of carbonyl (C=O) groups is 1. The Hall–Kier alpha value is -3.57. The molecule has 2 aromatic heterocycles. The monoisotopic (exact) mass is 535 g/mol. The molecule has 0 unspecified atom stereocenters. The molecule has 39 heavy (non-hydrogen) atoms. The van der Waals surface area contributed by atoms with Crippen molar-refractivity contribution in [2.45, 2.75) is 12.8 Å². The first-order chi connectivity index (χ1) is 19.1. The minimum Gasteiger partial charge on any atom is -0.465 e. The Labute approximate surface area is 228 Å². The summed E-state index contributed by atoms with van der Waals surface area (Å²) in [7, 11) is 3.45. The van der Waals surface area contributed by atoms with Gasteiger partial charge in [0, 0.05) is 30.4 Å². The largest absolute Gasteiger partial charge is 0.465 e. The Morgan fingerprint density at radius 1 is 1.03 bits per heavy atom. The number of carbonyl (C=O) groups excluding carboxylic acids is 1. The first-order valence-corrected chi connectivity index (χ1v) is 13.2. The second-order valence-electron chi connectivity index (χ2n) is 9.28. The molecule has 0 aliphatic rings. The van der Waals surface area contributed by atoms with Gasteiger partial charge in [-0.2, -0.15) is 0 Å². The lowest BCUT2D eigenvalue weighted by Gasteiger charge is -2.17. The van der Waals surface area contributed by atoms with Crippen LogP contribution in [0, 0.1) is 0 Å². The van der Waals surface area contributed by atoms with E-state index in [1.54, 1.807) is 12.1 Å². The highest BCUT2D eigenvalue weighted by Crippen LogP contribution is 2.31. The number of aliphatic hydroxyl groups excluding tert-OH is 1. The Morgan fingerprint density at radius 3 is 2.59 bits per heavy atom. The predicted molar refractivity (Wildman–Crippen MR) is 151 cm³/mol. The smallest absolute Gasteiger partial charge is 0.337 e. The summed E-state index contributed by atoms with van der Waals surface area (Å²) >= 11 is 0. The molecule has 0 aliphatic heterocycles. The molecule has 0 spiro atoms. The molecular formula is C29H37N5O5. The Morgan fingerprint density at radius 2 is 1.82 bits per heavy atom. The van der Waals surface area contributed by atoms with Crippen molar-refractivity contribution in [3.63, 3.8) is 0 Å². The van der Waals surface area contributed by atoms with Gasteiger partial charge in [-0.1, -0.05) is 36.4 Å². The zero-order valence-electron chi connectivity index (χ0n) is 22.6. The average molecular weight is 536 g/mol. The van der Waals surface area contributed by atoms with Crippen LogP contribution in [0.3, 0.4) is 0 Å². The van der Waals surface area contributed by atoms with E-state index in [0.717, 1.165) is 59.4 Å². The summed E-state index contributed by atoms with van der Waals surface area (Å²) in [5, 5.41) is 14.1. The predicted octanol–water partition coefficient (Wildman–Crippen LogP) is 3.25. The molecule has 3 N–H and O–H groups in total. The van der Waals surface area contributed by atoms with E-state index in [0.29, 0.717) is 44.2 Å². The zero-order chi connectivity index (χ0) is 27.5. The number of benzene rings is 2. The highest BCUT2D eigenvalue weighted by Gasteiger charge is 2.16. The van der Waals surface area contributed by atoms with E-state index < -0.39 is 0 Å². The number of hydrogen-bond acceptors (Lipinski definition) is 9. The second kappa shape index (κ2) is 14.5. The third-order valence-corrected chi connectivity index (χ3v) is 6.36. The third kappa shape index (κ3) is 7.96. The van der Waals surface area contributed by atoms with Crippen molar-refractivity contribution in [1.29, 1.82) is 0 Å². The van der Waals surface area contributed by atoms with Crippen molar-refractivity contribution >= 4 is 33.7 Å². The average Bonchev–Trinajstić information content (AvgIpc) is 3.32. The van der Waals surface area contributed by atoms with E-state index in [9.17, 15) is 4.79 Å². The lowest BCUT2D eigenvalue weighted by atomic mass is 10.1. The van der Waals surface area contributed by atoms with Crippen molar-refractivity contribution in [3.8, 4) is 0 Å². The summed E-state index contributed by atoms with van der Waals surface area (Å²) in [5.41, 5.74) is 3.15. The van der Waals surface area contributed by atoms with Gasteiger partial charge in [-0.15, -0.1) is 0 Å². The van der Waals surface area contributed by atoms with Crippen LogP contribution < -0.4 is 5.32 Å². The van der Waals surface area contributed by atoms with Gasteiger partial charge in [0.25, 0.3) is 0 Å². The molecule has 2 heterocycles. The summed E-state index contributed by atoms with van der Waals surface area (Å²) < 4.78 is 15.7. The molecule has 0 saturated heterocycles. The SMILES string of the molecule is COC(=O)c1ccc2c(c1)[nH]c1nc(Cc3ccccc3)nc(NCCCN(C)CCOCCOCCO)c12. The fraction of sp³-hybridized carbons (Fsp3) is 0.414. The topological polar surface area (TPSA) is 122 Å². The number of nitrogens with zero attached hydrogens (tertiary/aromatic N) is 3. The number of likely N-dealkylation sites (N-methyl/N-ethyl adjacent to an activating group) is 1.